The summed E-state index contributed by atoms with van der Waals surface area (Å²) in [6, 6.07) is 6.40. The van der Waals surface area contributed by atoms with Gasteiger partial charge >= 0.3 is 0 Å². The SMILES string of the molecule is Cc1cc(C)cc(Nc2nccs2)c1. The van der Waals surface area contributed by atoms with Crippen molar-refractivity contribution in [3.05, 3.63) is 40.9 Å². The third-order valence-electron chi connectivity index (χ3n) is 1.91. The maximum Gasteiger partial charge on any atom is 0.187 e. The Morgan fingerprint density at radius 3 is 2.43 bits per heavy atom. The molecule has 0 aliphatic carbocycles. The molecule has 2 aromatic rings. The second kappa shape index (κ2) is 3.80. The Morgan fingerprint density at radius 2 is 1.86 bits per heavy atom. The van der Waals surface area contributed by atoms with Crippen molar-refractivity contribution in [2.45, 2.75) is 13.8 Å². The van der Waals surface area contributed by atoms with Gasteiger partial charge in [-0.2, -0.15) is 0 Å². The van der Waals surface area contributed by atoms with Gasteiger partial charge in [-0.15, -0.1) is 11.3 Å². The number of nitrogens with one attached hydrogen (secondary N) is 1. The van der Waals surface area contributed by atoms with Gasteiger partial charge in [0.1, 0.15) is 0 Å². The van der Waals surface area contributed by atoms with Gasteiger partial charge in [0.05, 0.1) is 0 Å². The van der Waals surface area contributed by atoms with Gasteiger partial charge in [-0.3, -0.25) is 0 Å². The van der Waals surface area contributed by atoms with Crippen LogP contribution < -0.4 is 5.32 Å². The van der Waals surface area contributed by atoms with Crippen LogP contribution in [0.3, 0.4) is 0 Å². The van der Waals surface area contributed by atoms with Gasteiger partial charge in [0.25, 0.3) is 0 Å². The molecular formula is C11H12N2S. The monoisotopic (exact) mass is 204 g/mol. The van der Waals surface area contributed by atoms with Crippen LogP contribution >= 0.6 is 11.3 Å². The molecule has 1 N–H and O–H groups in total. The predicted octanol–water partition coefficient (Wildman–Crippen LogP) is 3.50. The van der Waals surface area contributed by atoms with Gasteiger partial charge in [0.2, 0.25) is 0 Å². The molecule has 1 aromatic carbocycles. The highest BCUT2D eigenvalue weighted by Crippen LogP contribution is 2.20. The molecule has 2 nitrogen and oxygen atoms in total. The number of aryl methyl sites for hydroxylation is 2. The fourth-order valence-corrected chi connectivity index (χ4v) is 2.00. The van der Waals surface area contributed by atoms with Crippen molar-refractivity contribution in [2.24, 2.45) is 0 Å². The fourth-order valence-electron chi connectivity index (χ4n) is 1.46. The van der Waals surface area contributed by atoms with Crippen LogP contribution in [0.1, 0.15) is 11.1 Å². The van der Waals surface area contributed by atoms with E-state index >= 15 is 0 Å². The quantitative estimate of drug-likeness (QED) is 0.809. The number of hydrogen-bond acceptors (Lipinski definition) is 3. The average molecular weight is 204 g/mol. The Morgan fingerprint density at radius 1 is 1.14 bits per heavy atom. The molecule has 2 rings (SSSR count). The van der Waals surface area contributed by atoms with Gasteiger partial charge in [-0.1, -0.05) is 6.07 Å². The van der Waals surface area contributed by atoms with Gasteiger partial charge < -0.3 is 5.32 Å². The molecule has 0 atom stereocenters. The molecule has 1 aromatic heterocycles. The van der Waals surface area contributed by atoms with Crippen LogP contribution in [0.5, 0.6) is 0 Å². The number of nitrogens with zero attached hydrogens (tertiary/aromatic N) is 1. The van der Waals surface area contributed by atoms with Crippen molar-refractivity contribution in [1.29, 1.82) is 0 Å². The van der Waals surface area contributed by atoms with E-state index in [4.69, 9.17) is 0 Å². The van der Waals surface area contributed by atoms with Crippen LogP contribution in [0.4, 0.5) is 10.8 Å². The van der Waals surface area contributed by atoms with Crippen molar-refractivity contribution < 1.29 is 0 Å². The summed E-state index contributed by atoms with van der Waals surface area (Å²) in [5.74, 6) is 0. The molecule has 0 saturated heterocycles. The van der Waals surface area contributed by atoms with Gasteiger partial charge in [-0.25, -0.2) is 4.98 Å². The lowest BCUT2D eigenvalue weighted by Gasteiger charge is -2.05. The first kappa shape index (κ1) is 9.21. The van der Waals surface area contributed by atoms with E-state index in [1.807, 2.05) is 5.38 Å². The number of benzene rings is 1. The van der Waals surface area contributed by atoms with Gasteiger partial charge in [-0.05, 0) is 37.1 Å². The van der Waals surface area contributed by atoms with Crippen LogP contribution in [0, 0.1) is 13.8 Å². The largest absolute Gasteiger partial charge is 0.332 e. The summed E-state index contributed by atoms with van der Waals surface area (Å²) in [6.45, 7) is 4.19. The molecule has 0 bridgehead atoms. The second-order valence-electron chi connectivity index (χ2n) is 3.34. The summed E-state index contributed by atoms with van der Waals surface area (Å²) in [6.07, 6.45) is 1.80. The summed E-state index contributed by atoms with van der Waals surface area (Å²) in [7, 11) is 0. The molecule has 1 heterocycles. The van der Waals surface area contributed by atoms with Crippen LogP contribution in [0.2, 0.25) is 0 Å². The highest BCUT2D eigenvalue weighted by atomic mass is 32.1. The standard InChI is InChI=1S/C11H12N2S/c1-8-5-9(2)7-10(6-8)13-11-12-3-4-14-11/h3-7H,1-2H3,(H,12,13). The Bertz CT molecular complexity index is 401. The first-order valence-corrected chi connectivity index (χ1v) is 5.37. The summed E-state index contributed by atoms with van der Waals surface area (Å²) in [4.78, 5) is 4.18. The first-order chi connectivity index (χ1) is 6.74. The smallest absolute Gasteiger partial charge is 0.187 e. The van der Waals surface area contributed by atoms with Crippen molar-refractivity contribution in [3.63, 3.8) is 0 Å². The van der Waals surface area contributed by atoms with E-state index in [1.54, 1.807) is 17.5 Å². The lowest BCUT2D eigenvalue weighted by Crippen LogP contribution is -1.90. The summed E-state index contributed by atoms with van der Waals surface area (Å²) < 4.78 is 0. The minimum Gasteiger partial charge on any atom is -0.332 e. The third kappa shape index (κ3) is 2.12. The molecule has 0 fully saturated rings. The molecule has 0 aliphatic rings. The topological polar surface area (TPSA) is 24.9 Å². The van der Waals surface area contributed by atoms with E-state index in [2.05, 4.69) is 42.3 Å². The zero-order valence-electron chi connectivity index (χ0n) is 8.24. The molecule has 0 spiro atoms. The lowest BCUT2D eigenvalue weighted by molar-refractivity contribution is 1.35. The van der Waals surface area contributed by atoms with E-state index in [0.29, 0.717) is 0 Å². The maximum atomic E-state index is 4.18. The van der Waals surface area contributed by atoms with Gasteiger partial charge in [0.15, 0.2) is 5.13 Å². The van der Waals surface area contributed by atoms with E-state index in [9.17, 15) is 0 Å². The van der Waals surface area contributed by atoms with E-state index in [1.165, 1.54) is 11.1 Å². The summed E-state index contributed by atoms with van der Waals surface area (Å²) in [5.41, 5.74) is 3.64. The Labute approximate surface area is 87.6 Å². The first-order valence-electron chi connectivity index (χ1n) is 4.49. The Kier molecular flexibility index (Phi) is 2.50. The lowest BCUT2D eigenvalue weighted by atomic mass is 10.1. The number of hydrogen-bond donors (Lipinski definition) is 1. The molecule has 72 valence electrons. The molecule has 0 radical (unpaired) electrons. The van der Waals surface area contributed by atoms with Crippen molar-refractivity contribution in [3.8, 4) is 0 Å². The number of rotatable bonds is 2. The van der Waals surface area contributed by atoms with Crippen LogP contribution in [-0.4, -0.2) is 4.98 Å². The zero-order chi connectivity index (χ0) is 9.97. The van der Waals surface area contributed by atoms with Crippen LogP contribution in [-0.2, 0) is 0 Å². The van der Waals surface area contributed by atoms with Crippen molar-refractivity contribution in [2.75, 3.05) is 5.32 Å². The normalized spacial score (nSPS) is 10.1. The number of anilines is 2. The molecular weight excluding hydrogens is 192 g/mol. The van der Waals surface area contributed by atoms with E-state index in [0.717, 1.165) is 10.8 Å². The van der Waals surface area contributed by atoms with E-state index in [-0.39, 0.29) is 0 Å². The minimum absolute atomic E-state index is 0.940. The zero-order valence-corrected chi connectivity index (χ0v) is 9.06. The molecule has 3 heteroatoms. The summed E-state index contributed by atoms with van der Waals surface area (Å²) >= 11 is 1.61. The van der Waals surface area contributed by atoms with Gasteiger partial charge in [0, 0.05) is 17.3 Å². The highest BCUT2D eigenvalue weighted by molar-refractivity contribution is 7.13. The molecule has 0 saturated carbocycles. The van der Waals surface area contributed by atoms with Crippen molar-refractivity contribution >= 4 is 22.2 Å². The third-order valence-corrected chi connectivity index (χ3v) is 2.59. The molecule has 0 amide bonds. The Balaban J connectivity index is 2.25. The van der Waals surface area contributed by atoms with Crippen molar-refractivity contribution in [1.82, 2.24) is 4.98 Å². The molecule has 0 aliphatic heterocycles. The maximum absolute atomic E-state index is 4.18. The van der Waals surface area contributed by atoms with Crippen LogP contribution in [0.25, 0.3) is 0 Å². The fraction of sp³-hybridized carbons (Fsp3) is 0.182. The highest BCUT2D eigenvalue weighted by Gasteiger charge is 1.97. The van der Waals surface area contributed by atoms with Crippen LogP contribution in [0.15, 0.2) is 29.8 Å². The number of aromatic nitrogens is 1. The number of thiazole rings is 1. The summed E-state index contributed by atoms with van der Waals surface area (Å²) in [5, 5.41) is 6.18. The average Bonchev–Trinajstić information content (AvgIpc) is 2.54. The predicted molar refractivity (Wildman–Crippen MR) is 61.3 cm³/mol. The molecule has 0 unspecified atom stereocenters. The Hall–Kier alpha value is -1.35. The molecule has 14 heavy (non-hydrogen) atoms. The van der Waals surface area contributed by atoms with E-state index < -0.39 is 0 Å². The second-order valence-corrected chi connectivity index (χ2v) is 4.23. The minimum atomic E-state index is 0.940.